The number of hydrogen-bond donors (Lipinski definition) is 1. The predicted molar refractivity (Wildman–Crippen MR) is 131 cm³/mol. The first-order chi connectivity index (χ1) is 15.4. The number of likely N-dealkylation sites (N-methyl/N-ethyl adjacent to an activating group) is 1. The van der Waals surface area contributed by atoms with Crippen molar-refractivity contribution in [1.29, 1.82) is 0 Å². The molecule has 5 nitrogen and oxygen atoms in total. The Morgan fingerprint density at radius 3 is 2.44 bits per heavy atom. The molecule has 0 bridgehead atoms. The lowest BCUT2D eigenvalue weighted by Gasteiger charge is -2.46. The molecule has 1 atom stereocenters. The molecule has 1 aliphatic rings. The topological polar surface area (TPSA) is 53.9 Å². The lowest BCUT2D eigenvalue weighted by molar-refractivity contribution is 0.256. The maximum absolute atomic E-state index is 4.55. The summed E-state index contributed by atoms with van der Waals surface area (Å²) in [6.45, 7) is 6.61. The van der Waals surface area contributed by atoms with Crippen LogP contribution in [-0.2, 0) is 0 Å². The first kappa shape index (κ1) is 20.2. The van der Waals surface area contributed by atoms with Crippen LogP contribution in [0.5, 0.6) is 0 Å². The number of hydrogen-bond acceptors (Lipinski definition) is 5. The first-order valence-electron chi connectivity index (χ1n) is 10.9. The third-order valence-corrected chi connectivity index (χ3v) is 6.53. The summed E-state index contributed by atoms with van der Waals surface area (Å²) in [6, 6.07) is 19.1. The van der Waals surface area contributed by atoms with Gasteiger partial charge < -0.3 is 10.2 Å². The quantitative estimate of drug-likeness (QED) is 0.433. The second kappa shape index (κ2) is 7.75. The van der Waals surface area contributed by atoms with Gasteiger partial charge in [0.15, 0.2) is 0 Å². The summed E-state index contributed by atoms with van der Waals surface area (Å²) in [5.41, 5.74) is 6.80. The van der Waals surface area contributed by atoms with Crippen molar-refractivity contribution in [3.63, 3.8) is 0 Å². The Hall–Kier alpha value is -3.73. The van der Waals surface area contributed by atoms with E-state index in [0.717, 1.165) is 33.4 Å². The largest absolute Gasteiger partial charge is 0.371 e. The third kappa shape index (κ3) is 3.50. The van der Waals surface area contributed by atoms with Gasteiger partial charge in [0.25, 0.3) is 0 Å². The van der Waals surface area contributed by atoms with Gasteiger partial charge in [-0.05, 0) is 50.1 Å². The van der Waals surface area contributed by atoms with E-state index in [1.165, 1.54) is 11.1 Å². The molecule has 2 aromatic heterocycles. The fourth-order valence-electron chi connectivity index (χ4n) is 4.19. The second-order valence-electron chi connectivity index (χ2n) is 8.91. The zero-order valence-corrected chi connectivity index (χ0v) is 18.9. The second-order valence-corrected chi connectivity index (χ2v) is 8.91. The summed E-state index contributed by atoms with van der Waals surface area (Å²) < 4.78 is 0. The van der Waals surface area contributed by atoms with Crippen LogP contribution in [0.2, 0.25) is 0 Å². The van der Waals surface area contributed by atoms with Gasteiger partial charge in [-0.25, -0.2) is 9.97 Å². The van der Waals surface area contributed by atoms with E-state index in [0.29, 0.717) is 0 Å². The van der Waals surface area contributed by atoms with Crippen LogP contribution in [0.25, 0.3) is 27.6 Å². The third-order valence-electron chi connectivity index (χ3n) is 6.53. The molecule has 1 unspecified atom stereocenters. The maximum atomic E-state index is 4.55. The maximum Gasteiger partial charge on any atom is 0.137 e. The van der Waals surface area contributed by atoms with Crippen LogP contribution in [0, 0.1) is 0 Å². The van der Waals surface area contributed by atoms with Crippen molar-refractivity contribution >= 4 is 22.3 Å². The molecule has 0 fully saturated rings. The van der Waals surface area contributed by atoms with E-state index in [1.54, 1.807) is 6.33 Å². The van der Waals surface area contributed by atoms with Gasteiger partial charge in [-0.15, -0.1) is 0 Å². The number of nitrogens with one attached hydrogen (secondary N) is 1. The molecule has 0 saturated carbocycles. The van der Waals surface area contributed by atoms with Crippen LogP contribution in [0.4, 0.5) is 5.82 Å². The van der Waals surface area contributed by atoms with Crippen LogP contribution in [-0.4, -0.2) is 32.4 Å². The van der Waals surface area contributed by atoms with Crippen molar-refractivity contribution in [2.24, 2.45) is 0 Å². The molecule has 5 heteroatoms. The fraction of sp³-hybridized carbons (Fsp3) is 0.222. The van der Waals surface area contributed by atoms with Crippen LogP contribution < -0.4 is 5.32 Å². The molecule has 3 heterocycles. The lowest BCUT2D eigenvalue weighted by atomic mass is 9.82. The highest BCUT2D eigenvalue weighted by Gasteiger charge is 2.36. The number of rotatable bonds is 5. The zero-order valence-electron chi connectivity index (χ0n) is 18.9. The van der Waals surface area contributed by atoms with Crippen molar-refractivity contribution in [3.8, 4) is 11.1 Å². The van der Waals surface area contributed by atoms with Gasteiger partial charge in [0.1, 0.15) is 12.1 Å². The predicted octanol–water partition coefficient (Wildman–Crippen LogP) is 5.93. The zero-order chi connectivity index (χ0) is 22.3. The van der Waals surface area contributed by atoms with Gasteiger partial charge in [0.05, 0.1) is 11.1 Å². The van der Waals surface area contributed by atoms with E-state index < -0.39 is 0 Å². The van der Waals surface area contributed by atoms with E-state index in [2.05, 4.69) is 108 Å². The van der Waals surface area contributed by atoms with Crippen molar-refractivity contribution < 1.29 is 0 Å². The van der Waals surface area contributed by atoms with E-state index in [1.807, 2.05) is 18.5 Å². The monoisotopic (exact) mass is 421 g/mol. The molecular weight excluding hydrogens is 394 g/mol. The van der Waals surface area contributed by atoms with Gasteiger partial charge >= 0.3 is 0 Å². The molecule has 5 rings (SSSR count). The summed E-state index contributed by atoms with van der Waals surface area (Å²) >= 11 is 0. The molecule has 32 heavy (non-hydrogen) atoms. The fourth-order valence-corrected chi connectivity index (χ4v) is 4.19. The Kier molecular flexibility index (Phi) is 4.89. The number of fused-ring (bicyclic) bond motifs is 1. The molecule has 2 aromatic carbocycles. The lowest BCUT2D eigenvalue weighted by Crippen LogP contribution is -2.46. The van der Waals surface area contributed by atoms with Crippen molar-refractivity contribution in [2.45, 2.75) is 32.4 Å². The number of aromatic nitrogens is 3. The Morgan fingerprint density at radius 2 is 1.69 bits per heavy atom. The van der Waals surface area contributed by atoms with E-state index in [9.17, 15) is 0 Å². The highest BCUT2D eigenvalue weighted by Crippen LogP contribution is 2.40. The Morgan fingerprint density at radius 1 is 0.906 bits per heavy atom. The number of anilines is 1. The highest BCUT2D eigenvalue weighted by atomic mass is 15.2. The molecular formula is C27H27N5. The van der Waals surface area contributed by atoms with Gasteiger partial charge in [0, 0.05) is 53.8 Å². The van der Waals surface area contributed by atoms with E-state index >= 15 is 0 Å². The normalized spacial score (nSPS) is 15.8. The molecule has 0 amide bonds. The smallest absolute Gasteiger partial charge is 0.137 e. The number of benzene rings is 2. The van der Waals surface area contributed by atoms with Crippen LogP contribution in [0.1, 0.15) is 37.9 Å². The Balaban J connectivity index is 1.51. The number of nitrogens with zero attached hydrogens (tertiary/aromatic N) is 4. The standard InChI is InChI=1S/C27H27N5/c1-18(19-8-6-5-7-9-19)31-26-23-13-20(10-11-25(23)29-17-30-26)21-12-22(15-28-14-21)24-16-32(4)27(24,2)3/h5-18H,1-4H3,(H,29,30,31). The molecule has 0 saturated heterocycles. The molecule has 0 radical (unpaired) electrons. The summed E-state index contributed by atoms with van der Waals surface area (Å²) in [6.07, 6.45) is 7.67. The Labute approximate surface area is 188 Å². The SMILES string of the molecule is CC(Nc1ncnc2ccc(-c3cncc(C4=CN(C)C4(C)C)c3)cc12)c1ccccc1. The van der Waals surface area contributed by atoms with Crippen molar-refractivity contribution in [3.05, 3.63) is 90.6 Å². The van der Waals surface area contributed by atoms with Gasteiger partial charge in [0.2, 0.25) is 0 Å². The average Bonchev–Trinajstić information content (AvgIpc) is 2.83. The first-order valence-corrected chi connectivity index (χ1v) is 10.9. The molecule has 0 spiro atoms. The van der Waals surface area contributed by atoms with Gasteiger partial charge in [-0.3, -0.25) is 4.98 Å². The van der Waals surface area contributed by atoms with Crippen molar-refractivity contribution in [2.75, 3.05) is 12.4 Å². The van der Waals surface area contributed by atoms with Crippen LogP contribution in [0.3, 0.4) is 0 Å². The minimum Gasteiger partial charge on any atom is -0.371 e. The van der Waals surface area contributed by atoms with Crippen LogP contribution in [0.15, 0.2) is 79.5 Å². The number of pyridine rings is 1. The van der Waals surface area contributed by atoms with Gasteiger partial charge in [-0.2, -0.15) is 0 Å². The summed E-state index contributed by atoms with van der Waals surface area (Å²) in [4.78, 5) is 15.8. The summed E-state index contributed by atoms with van der Waals surface area (Å²) in [5.74, 6) is 0.835. The molecule has 160 valence electrons. The van der Waals surface area contributed by atoms with E-state index in [-0.39, 0.29) is 11.6 Å². The Bertz CT molecular complexity index is 1310. The molecule has 0 aliphatic carbocycles. The minimum atomic E-state index is 0.0161. The minimum absolute atomic E-state index is 0.0161. The van der Waals surface area contributed by atoms with Crippen molar-refractivity contribution in [1.82, 2.24) is 19.9 Å². The van der Waals surface area contributed by atoms with E-state index in [4.69, 9.17) is 0 Å². The highest BCUT2D eigenvalue weighted by molar-refractivity contribution is 5.93. The average molecular weight is 422 g/mol. The van der Waals surface area contributed by atoms with Gasteiger partial charge in [-0.1, -0.05) is 36.4 Å². The summed E-state index contributed by atoms with van der Waals surface area (Å²) in [7, 11) is 2.11. The summed E-state index contributed by atoms with van der Waals surface area (Å²) in [5, 5.41) is 4.56. The molecule has 1 N–H and O–H groups in total. The van der Waals surface area contributed by atoms with Crippen LogP contribution >= 0.6 is 0 Å². The molecule has 1 aliphatic heterocycles. The molecule has 4 aromatic rings.